The third-order valence-electron chi connectivity index (χ3n) is 3.22. The number of hydrogen-bond acceptors (Lipinski definition) is 2. The Hall–Kier alpha value is -1.05. The van der Waals surface area contributed by atoms with Gasteiger partial charge in [-0.05, 0) is 18.2 Å². The van der Waals surface area contributed by atoms with Gasteiger partial charge in [-0.1, -0.05) is 31.2 Å². The molecule has 3 nitrogen and oxygen atoms in total. The number of aromatic nitrogens is 2. The van der Waals surface area contributed by atoms with Crippen LogP contribution in [0.5, 0.6) is 0 Å². The lowest BCUT2D eigenvalue weighted by Gasteiger charge is -2.15. The third kappa shape index (κ3) is 4.24. The van der Waals surface area contributed by atoms with E-state index in [1.165, 1.54) is 16.7 Å². The predicted molar refractivity (Wildman–Crippen MR) is 83.9 cm³/mol. The van der Waals surface area contributed by atoms with Crippen LogP contribution in [0.25, 0.3) is 11.0 Å². The fraction of sp³-hybridized carbons (Fsp3) is 0.500. The molecule has 0 unspecified atom stereocenters. The van der Waals surface area contributed by atoms with Crippen LogP contribution in [0.4, 0.5) is 13.2 Å². The molecular weight excluding hydrogens is 333 g/mol. The molecule has 122 valence electrons. The zero-order valence-electron chi connectivity index (χ0n) is 12.7. The van der Waals surface area contributed by atoms with E-state index in [2.05, 4.69) is 24.6 Å². The second kappa shape index (κ2) is 6.21. The van der Waals surface area contributed by atoms with E-state index in [9.17, 15) is 13.2 Å². The number of fused-ring (bicyclic) bond motifs is 1. The van der Waals surface area contributed by atoms with Crippen molar-refractivity contribution in [3.8, 4) is 0 Å². The highest BCUT2D eigenvalue weighted by Crippen LogP contribution is 2.36. The molecule has 2 rings (SSSR count). The normalized spacial score (nSPS) is 13.0. The second-order valence-corrected chi connectivity index (χ2v) is 12.4. The van der Waals surface area contributed by atoms with Crippen molar-refractivity contribution in [2.45, 2.75) is 38.6 Å². The number of alkyl halides is 3. The van der Waals surface area contributed by atoms with Gasteiger partial charge in [-0.2, -0.15) is 13.2 Å². The molecular formula is C14H18ClF3N2OSi. The molecule has 0 aliphatic carbocycles. The van der Waals surface area contributed by atoms with Crippen molar-refractivity contribution < 1.29 is 17.9 Å². The summed E-state index contributed by atoms with van der Waals surface area (Å²) in [4.78, 5) is 3.99. The number of pyridine rings is 1. The summed E-state index contributed by atoms with van der Waals surface area (Å²) in [5.41, 5.74) is -0.534. The lowest BCUT2D eigenvalue weighted by molar-refractivity contribution is -0.136. The Balaban J connectivity index is 2.24. The van der Waals surface area contributed by atoms with Crippen molar-refractivity contribution in [3.63, 3.8) is 0 Å². The van der Waals surface area contributed by atoms with Crippen molar-refractivity contribution in [2.75, 3.05) is 6.61 Å². The van der Waals surface area contributed by atoms with Crippen LogP contribution >= 0.6 is 11.6 Å². The van der Waals surface area contributed by atoms with Gasteiger partial charge in [0.15, 0.2) is 0 Å². The van der Waals surface area contributed by atoms with Gasteiger partial charge in [0.1, 0.15) is 17.5 Å². The first-order valence-corrected chi connectivity index (χ1v) is 11.0. The van der Waals surface area contributed by atoms with Crippen LogP contribution in [0.3, 0.4) is 0 Å². The smallest absolute Gasteiger partial charge is 0.361 e. The van der Waals surface area contributed by atoms with E-state index >= 15 is 0 Å². The van der Waals surface area contributed by atoms with Crippen molar-refractivity contribution in [3.05, 3.63) is 29.0 Å². The summed E-state index contributed by atoms with van der Waals surface area (Å²) in [6.07, 6.45) is -3.40. The molecule has 0 spiro atoms. The molecule has 22 heavy (non-hydrogen) atoms. The van der Waals surface area contributed by atoms with Gasteiger partial charge in [0.2, 0.25) is 0 Å². The van der Waals surface area contributed by atoms with E-state index in [-0.39, 0.29) is 22.9 Å². The standard InChI is InChI=1S/C14H18ClF3N2OSi/c1-22(2,3)7-6-21-9-20-8-11(14(16,17)18)10-4-5-12(15)19-13(10)20/h4-5,8H,6-7,9H2,1-3H3. The summed E-state index contributed by atoms with van der Waals surface area (Å²) >= 11 is 5.79. The molecule has 0 aromatic carbocycles. The van der Waals surface area contributed by atoms with Gasteiger partial charge in [-0.15, -0.1) is 0 Å². The highest BCUT2D eigenvalue weighted by Gasteiger charge is 2.35. The predicted octanol–water partition coefficient (Wildman–Crippen LogP) is 5.02. The average Bonchev–Trinajstić information content (AvgIpc) is 2.71. The van der Waals surface area contributed by atoms with Crippen LogP contribution in [-0.2, 0) is 17.6 Å². The van der Waals surface area contributed by atoms with Crippen molar-refractivity contribution in [1.29, 1.82) is 0 Å². The van der Waals surface area contributed by atoms with Gasteiger partial charge in [0, 0.05) is 26.3 Å². The molecule has 2 heterocycles. The van der Waals surface area contributed by atoms with E-state index in [1.807, 2.05) is 0 Å². The van der Waals surface area contributed by atoms with Crippen LogP contribution in [0.1, 0.15) is 5.56 Å². The molecule has 0 saturated heterocycles. The summed E-state index contributed by atoms with van der Waals surface area (Å²) in [5.74, 6) is 0. The van der Waals surface area contributed by atoms with Crippen molar-refractivity contribution >= 4 is 30.7 Å². The maximum atomic E-state index is 13.1. The van der Waals surface area contributed by atoms with Crippen molar-refractivity contribution in [2.24, 2.45) is 0 Å². The Bertz CT molecular complexity index is 664. The maximum absolute atomic E-state index is 13.1. The summed E-state index contributed by atoms with van der Waals surface area (Å²) in [5, 5.41) is 0.188. The van der Waals surface area contributed by atoms with Crippen molar-refractivity contribution in [1.82, 2.24) is 9.55 Å². The number of hydrogen-bond donors (Lipinski definition) is 0. The zero-order chi connectivity index (χ0) is 16.5. The molecule has 0 N–H and O–H groups in total. The van der Waals surface area contributed by atoms with Gasteiger partial charge < -0.3 is 9.30 Å². The number of halogens is 4. The van der Waals surface area contributed by atoms with E-state index in [1.54, 1.807) is 0 Å². The molecule has 2 aromatic heterocycles. The highest BCUT2D eigenvalue weighted by molar-refractivity contribution is 6.76. The minimum Gasteiger partial charge on any atom is -0.361 e. The number of rotatable bonds is 5. The van der Waals surface area contributed by atoms with E-state index in [0.29, 0.717) is 6.61 Å². The summed E-state index contributed by atoms with van der Waals surface area (Å²) in [6, 6.07) is 3.65. The minimum absolute atomic E-state index is 0.0321. The Kier molecular flexibility index (Phi) is 4.89. The van der Waals surface area contributed by atoms with Crippen LogP contribution < -0.4 is 0 Å². The van der Waals surface area contributed by atoms with E-state index in [0.717, 1.165) is 12.2 Å². The molecule has 0 saturated carbocycles. The molecule has 2 aromatic rings. The monoisotopic (exact) mass is 350 g/mol. The summed E-state index contributed by atoms with van der Waals surface area (Å²) in [7, 11) is -1.23. The highest BCUT2D eigenvalue weighted by atomic mass is 35.5. The lowest BCUT2D eigenvalue weighted by Crippen LogP contribution is -2.22. The Morgan fingerprint density at radius 2 is 1.95 bits per heavy atom. The maximum Gasteiger partial charge on any atom is 0.418 e. The fourth-order valence-corrected chi connectivity index (χ4v) is 2.91. The van der Waals surface area contributed by atoms with E-state index in [4.69, 9.17) is 16.3 Å². The van der Waals surface area contributed by atoms with Crippen LogP contribution in [0, 0.1) is 0 Å². The first kappa shape index (κ1) is 17.3. The molecule has 0 bridgehead atoms. The van der Waals surface area contributed by atoms with Crippen LogP contribution in [0.2, 0.25) is 30.8 Å². The molecule has 0 fully saturated rings. The summed E-state index contributed by atoms with van der Waals surface area (Å²) in [6.45, 7) is 7.20. The lowest BCUT2D eigenvalue weighted by atomic mass is 10.2. The Labute approximate surface area is 133 Å². The molecule has 8 heteroatoms. The number of ether oxygens (including phenoxy) is 1. The van der Waals surface area contributed by atoms with Gasteiger partial charge >= 0.3 is 6.18 Å². The molecule has 0 radical (unpaired) electrons. The summed E-state index contributed by atoms with van der Waals surface area (Å²) < 4.78 is 46.1. The quantitative estimate of drug-likeness (QED) is 0.430. The van der Waals surface area contributed by atoms with Gasteiger partial charge in [-0.3, -0.25) is 0 Å². The first-order valence-electron chi connectivity index (χ1n) is 6.88. The second-order valence-electron chi connectivity index (χ2n) is 6.36. The zero-order valence-corrected chi connectivity index (χ0v) is 14.4. The average molecular weight is 351 g/mol. The van der Waals surface area contributed by atoms with E-state index < -0.39 is 19.8 Å². The minimum atomic E-state index is -4.43. The molecule has 0 aliphatic rings. The van der Waals surface area contributed by atoms with Gasteiger partial charge in [0.05, 0.1) is 5.56 Å². The van der Waals surface area contributed by atoms with Gasteiger partial charge in [-0.25, -0.2) is 4.98 Å². The Morgan fingerprint density at radius 1 is 1.27 bits per heavy atom. The first-order chi connectivity index (χ1) is 10.1. The van der Waals surface area contributed by atoms with Crippen LogP contribution in [-0.4, -0.2) is 24.2 Å². The molecule has 0 aliphatic heterocycles. The molecule has 0 atom stereocenters. The molecule has 0 amide bonds. The fourth-order valence-electron chi connectivity index (χ4n) is 2.01. The SMILES string of the molecule is C[Si](C)(C)CCOCn1cc(C(F)(F)F)c2ccc(Cl)nc21. The topological polar surface area (TPSA) is 27.1 Å². The van der Waals surface area contributed by atoms with Crippen LogP contribution in [0.15, 0.2) is 18.3 Å². The largest absolute Gasteiger partial charge is 0.418 e. The number of nitrogens with zero attached hydrogens (tertiary/aromatic N) is 2. The third-order valence-corrected chi connectivity index (χ3v) is 5.14. The van der Waals surface area contributed by atoms with Gasteiger partial charge in [0.25, 0.3) is 0 Å². The Morgan fingerprint density at radius 3 is 2.55 bits per heavy atom.